The lowest BCUT2D eigenvalue weighted by molar-refractivity contribution is -0.145. The number of benzene rings is 1. The summed E-state index contributed by atoms with van der Waals surface area (Å²) < 4.78 is 17.5. The molecule has 0 saturated heterocycles. The van der Waals surface area contributed by atoms with Gasteiger partial charge in [-0.1, -0.05) is 0 Å². The second kappa shape index (κ2) is 6.63. The molecule has 0 radical (unpaired) electrons. The van der Waals surface area contributed by atoms with Gasteiger partial charge in [0.1, 0.15) is 5.82 Å². The average molecular weight is 267 g/mol. The molecule has 0 aliphatic rings. The van der Waals surface area contributed by atoms with Crippen molar-refractivity contribution in [2.75, 3.05) is 6.61 Å². The molecule has 1 N–H and O–H groups in total. The van der Waals surface area contributed by atoms with E-state index in [-0.39, 0.29) is 12.2 Å². The van der Waals surface area contributed by atoms with Gasteiger partial charge in [-0.25, -0.2) is 9.18 Å². The monoisotopic (exact) mass is 267 g/mol. The van der Waals surface area contributed by atoms with Crippen LogP contribution in [0, 0.1) is 5.82 Å². The number of esters is 1. The Balaban J connectivity index is 2.96. The highest BCUT2D eigenvalue weighted by Crippen LogP contribution is 2.07. The summed E-state index contributed by atoms with van der Waals surface area (Å²) in [6, 6.07) is 3.27. The molecule has 1 rings (SSSR count). The van der Waals surface area contributed by atoms with E-state index in [1.807, 2.05) is 0 Å². The van der Waals surface area contributed by atoms with Crippen LogP contribution in [0.3, 0.4) is 0 Å². The number of rotatable bonds is 5. The van der Waals surface area contributed by atoms with Gasteiger partial charge in [0.2, 0.25) is 5.91 Å². The van der Waals surface area contributed by atoms with Crippen molar-refractivity contribution < 1.29 is 23.5 Å². The Hall–Kier alpha value is -2.24. The van der Waals surface area contributed by atoms with Crippen LogP contribution in [0.15, 0.2) is 24.3 Å². The topological polar surface area (TPSA) is 72.5 Å². The van der Waals surface area contributed by atoms with E-state index in [1.54, 1.807) is 6.92 Å². The summed E-state index contributed by atoms with van der Waals surface area (Å²) in [7, 11) is 0. The van der Waals surface area contributed by atoms with Crippen LogP contribution in [0.4, 0.5) is 4.39 Å². The van der Waals surface area contributed by atoms with Gasteiger partial charge in [0.25, 0.3) is 0 Å². The molecule has 0 fully saturated rings. The molecule has 1 atom stereocenters. The van der Waals surface area contributed by atoms with E-state index in [0.717, 1.165) is 12.1 Å². The number of hydrogen-bond acceptors (Lipinski definition) is 4. The van der Waals surface area contributed by atoms with Crippen molar-refractivity contribution in [2.45, 2.75) is 19.9 Å². The minimum Gasteiger partial charge on any atom is -0.464 e. The van der Waals surface area contributed by atoms with Crippen molar-refractivity contribution in [1.82, 2.24) is 5.32 Å². The first kappa shape index (κ1) is 14.8. The van der Waals surface area contributed by atoms with E-state index in [1.165, 1.54) is 19.1 Å². The second-order valence-corrected chi connectivity index (χ2v) is 3.76. The van der Waals surface area contributed by atoms with E-state index in [0.29, 0.717) is 0 Å². The molecular weight excluding hydrogens is 253 g/mol. The fraction of sp³-hybridized carbons (Fsp3) is 0.308. The van der Waals surface area contributed by atoms with Gasteiger partial charge in [0, 0.05) is 12.5 Å². The van der Waals surface area contributed by atoms with E-state index < -0.39 is 29.5 Å². The van der Waals surface area contributed by atoms with Gasteiger partial charge in [-0.2, -0.15) is 0 Å². The Morgan fingerprint density at radius 1 is 1.26 bits per heavy atom. The van der Waals surface area contributed by atoms with Gasteiger partial charge in [-0.05, 0) is 31.2 Å². The molecule has 0 spiro atoms. The molecule has 1 unspecified atom stereocenters. The molecule has 0 aromatic heterocycles. The highest BCUT2D eigenvalue weighted by atomic mass is 19.1. The zero-order chi connectivity index (χ0) is 14.4. The molecule has 0 aliphatic carbocycles. The third-order valence-electron chi connectivity index (χ3n) is 2.26. The number of carbonyl (C=O) groups is 3. The molecule has 1 aromatic carbocycles. The maximum absolute atomic E-state index is 12.8. The summed E-state index contributed by atoms with van der Waals surface area (Å²) in [5.74, 6) is -2.52. The predicted molar refractivity (Wildman–Crippen MR) is 65.0 cm³/mol. The zero-order valence-corrected chi connectivity index (χ0v) is 10.6. The molecule has 0 bridgehead atoms. The largest absolute Gasteiger partial charge is 0.464 e. The first-order valence-electron chi connectivity index (χ1n) is 5.69. The Morgan fingerprint density at radius 2 is 1.84 bits per heavy atom. The van der Waals surface area contributed by atoms with Crippen LogP contribution in [0.25, 0.3) is 0 Å². The van der Waals surface area contributed by atoms with E-state index in [9.17, 15) is 18.8 Å². The van der Waals surface area contributed by atoms with Crippen molar-refractivity contribution in [3.63, 3.8) is 0 Å². The third-order valence-corrected chi connectivity index (χ3v) is 2.26. The summed E-state index contributed by atoms with van der Waals surface area (Å²) in [4.78, 5) is 34.7. The Labute approximate surface area is 109 Å². The summed E-state index contributed by atoms with van der Waals surface area (Å²) in [6.45, 7) is 2.86. The molecular formula is C13H14FNO4. The summed E-state index contributed by atoms with van der Waals surface area (Å²) in [6.07, 6.45) is 0. The number of ether oxygens (including phenoxy) is 1. The van der Waals surface area contributed by atoms with Gasteiger partial charge >= 0.3 is 5.97 Å². The molecule has 5 nitrogen and oxygen atoms in total. The quantitative estimate of drug-likeness (QED) is 0.492. The Bertz CT molecular complexity index is 484. The normalized spacial score (nSPS) is 11.5. The number of ketones is 1. The van der Waals surface area contributed by atoms with Gasteiger partial charge in [-0.3, -0.25) is 9.59 Å². The fourth-order valence-electron chi connectivity index (χ4n) is 1.44. The van der Waals surface area contributed by atoms with E-state index in [2.05, 4.69) is 5.32 Å². The van der Waals surface area contributed by atoms with Gasteiger partial charge in [0.15, 0.2) is 11.8 Å². The number of nitrogens with one attached hydrogen (secondary N) is 1. The van der Waals surface area contributed by atoms with Crippen molar-refractivity contribution in [2.24, 2.45) is 0 Å². The summed E-state index contributed by atoms with van der Waals surface area (Å²) in [5.41, 5.74) is 0.119. The molecule has 102 valence electrons. The van der Waals surface area contributed by atoms with Gasteiger partial charge in [-0.15, -0.1) is 0 Å². The van der Waals surface area contributed by atoms with Crippen LogP contribution in [-0.2, 0) is 14.3 Å². The number of carbonyl (C=O) groups excluding carboxylic acids is 3. The smallest absolute Gasteiger partial charge is 0.336 e. The van der Waals surface area contributed by atoms with Crippen molar-refractivity contribution in [3.8, 4) is 0 Å². The molecule has 6 heteroatoms. The minimum atomic E-state index is -1.41. The highest BCUT2D eigenvalue weighted by Gasteiger charge is 2.29. The molecule has 0 aliphatic heterocycles. The minimum absolute atomic E-state index is 0.0889. The van der Waals surface area contributed by atoms with E-state index >= 15 is 0 Å². The summed E-state index contributed by atoms with van der Waals surface area (Å²) >= 11 is 0. The average Bonchev–Trinajstić information content (AvgIpc) is 2.36. The van der Waals surface area contributed by atoms with Gasteiger partial charge in [0.05, 0.1) is 6.61 Å². The Kier molecular flexibility index (Phi) is 5.17. The first-order valence-corrected chi connectivity index (χ1v) is 5.69. The SMILES string of the molecule is CCOC(=O)C(NC(C)=O)C(=O)c1ccc(F)cc1. The number of halogens is 1. The number of amides is 1. The van der Waals surface area contributed by atoms with Crippen molar-refractivity contribution in [3.05, 3.63) is 35.6 Å². The second-order valence-electron chi connectivity index (χ2n) is 3.76. The van der Waals surface area contributed by atoms with Crippen LogP contribution in [-0.4, -0.2) is 30.3 Å². The standard InChI is InChI=1S/C13H14FNO4/c1-3-19-13(18)11(15-8(2)16)12(17)9-4-6-10(14)7-5-9/h4-7,11H,3H2,1-2H3,(H,15,16). The molecule has 1 amide bonds. The molecule has 0 saturated carbocycles. The van der Waals surface area contributed by atoms with Crippen LogP contribution < -0.4 is 5.32 Å². The predicted octanol–water partition coefficient (Wildman–Crippen LogP) is 1.08. The fourth-order valence-corrected chi connectivity index (χ4v) is 1.44. The molecule has 1 aromatic rings. The highest BCUT2D eigenvalue weighted by molar-refractivity contribution is 6.13. The van der Waals surface area contributed by atoms with Crippen LogP contribution in [0.2, 0.25) is 0 Å². The van der Waals surface area contributed by atoms with Gasteiger partial charge < -0.3 is 10.1 Å². The van der Waals surface area contributed by atoms with Crippen LogP contribution in [0.5, 0.6) is 0 Å². The maximum atomic E-state index is 12.8. The lowest BCUT2D eigenvalue weighted by atomic mass is 10.0. The molecule has 19 heavy (non-hydrogen) atoms. The van der Waals surface area contributed by atoms with Crippen molar-refractivity contribution in [1.29, 1.82) is 0 Å². The summed E-state index contributed by atoms with van der Waals surface area (Å²) in [5, 5.41) is 2.22. The van der Waals surface area contributed by atoms with Crippen molar-refractivity contribution >= 4 is 17.7 Å². The Morgan fingerprint density at radius 3 is 2.32 bits per heavy atom. The number of hydrogen-bond donors (Lipinski definition) is 1. The first-order chi connectivity index (χ1) is 8.95. The van der Waals surface area contributed by atoms with Crippen LogP contribution >= 0.6 is 0 Å². The van der Waals surface area contributed by atoms with Crippen LogP contribution in [0.1, 0.15) is 24.2 Å². The van der Waals surface area contributed by atoms with E-state index in [4.69, 9.17) is 4.74 Å². The number of Topliss-reactive ketones (excluding diaryl/α,β-unsaturated/α-hetero) is 1. The maximum Gasteiger partial charge on any atom is 0.336 e. The third kappa shape index (κ3) is 4.17. The lowest BCUT2D eigenvalue weighted by Crippen LogP contribution is -2.46. The zero-order valence-electron chi connectivity index (χ0n) is 10.6. The molecule has 0 heterocycles. The lowest BCUT2D eigenvalue weighted by Gasteiger charge is -2.15.